The third-order valence-corrected chi connectivity index (χ3v) is 2.48. The van der Waals surface area contributed by atoms with Crippen molar-refractivity contribution < 1.29 is 18.0 Å². The van der Waals surface area contributed by atoms with E-state index < -0.39 is 11.7 Å². The largest absolute Gasteiger partial charge is 0.416 e. The van der Waals surface area contributed by atoms with E-state index in [0.29, 0.717) is 19.3 Å². The van der Waals surface area contributed by atoms with E-state index in [2.05, 4.69) is 0 Å². The zero-order chi connectivity index (χ0) is 11.5. The van der Waals surface area contributed by atoms with Crippen LogP contribution in [0.4, 0.5) is 13.2 Å². The molecule has 1 atom stereocenters. The molecule has 0 fully saturated rings. The number of rotatable bonds is 1. The summed E-state index contributed by atoms with van der Waals surface area (Å²) in [6.45, 7) is 1.82. The lowest BCUT2D eigenvalue weighted by molar-refractivity contribution is -0.114. The van der Waals surface area contributed by atoms with Crippen molar-refractivity contribution in [1.82, 2.24) is 0 Å². The summed E-state index contributed by atoms with van der Waals surface area (Å²) in [6.07, 6.45) is 0.219. The van der Waals surface area contributed by atoms with Crippen LogP contribution in [0.25, 0.3) is 0 Å². The summed E-state index contributed by atoms with van der Waals surface area (Å²) in [7, 11) is 0. The summed E-state index contributed by atoms with van der Waals surface area (Å²) in [5, 5.41) is 0. The smallest absolute Gasteiger partial charge is 0.295 e. The van der Waals surface area contributed by atoms with Crippen molar-refractivity contribution >= 4 is 5.78 Å². The number of carbonyl (C=O) groups excluding carboxylic acids is 1. The third kappa shape index (κ3) is 3.53. The molecule has 0 aliphatic heterocycles. The fourth-order valence-corrected chi connectivity index (χ4v) is 1.50. The number of allylic oxidation sites excluding steroid dienone is 4. The molecule has 1 nitrogen and oxygen atoms in total. The van der Waals surface area contributed by atoms with Gasteiger partial charge in [0, 0.05) is 6.42 Å². The van der Waals surface area contributed by atoms with Crippen molar-refractivity contribution in [3.05, 3.63) is 23.8 Å². The average Bonchev–Trinajstić information content (AvgIpc) is 2.10. The molecule has 1 rings (SSSR count). The molecule has 0 bridgehead atoms. The quantitative estimate of drug-likeness (QED) is 0.659. The maximum atomic E-state index is 12.5. The molecular formula is C11H13F3O. The number of carbonyl (C=O) groups is 1. The van der Waals surface area contributed by atoms with Gasteiger partial charge in [0.2, 0.25) is 0 Å². The maximum Gasteiger partial charge on any atom is 0.416 e. The summed E-state index contributed by atoms with van der Waals surface area (Å²) in [6, 6.07) is 0. The minimum atomic E-state index is -4.36. The van der Waals surface area contributed by atoms with Crippen molar-refractivity contribution in [3.63, 3.8) is 0 Å². The van der Waals surface area contributed by atoms with Gasteiger partial charge in [-0.15, -0.1) is 0 Å². The molecule has 0 heterocycles. The highest BCUT2D eigenvalue weighted by molar-refractivity contribution is 5.90. The van der Waals surface area contributed by atoms with Crippen molar-refractivity contribution in [3.8, 4) is 0 Å². The molecule has 0 saturated heterocycles. The van der Waals surface area contributed by atoms with E-state index in [-0.39, 0.29) is 11.7 Å². The van der Waals surface area contributed by atoms with Gasteiger partial charge in [-0.2, -0.15) is 13.2 Å². The molecule has 0 aromatic carbocycles. The van der Waals surface area contributed by atoms with Crippen LogP contribution in [-0.2, 0) is 4.79 Å². The second-order valence-electron chi connectivity index (χ2n) is 3.63. The fourth-order valence-electron chi connectivity index (χ4n) is 1.50. The van der Waals surface area contributed by atoms with Gasteiger partial charge in [-0.05, 0) is 30.9 Å². The summed E-state index contributed by atoms with van der Waals surface area (Å²) in [5.41, 5.74) is -0.706. The fraction of sp³-hybridized carbons (Fsp3) is 0.545. The minimum absolute atomic E-state index is 0.157. The molecule has 0 aromatic rings. The summed E-state index contributed by atoms with van der Waals surface area (Å²) >= 11 is 0. The first-order chi connectivity index (χ1) is 6.93. The summed E-state index contributed by atoms with van der Waals surface area (Å²) in [4.78, 5) is 11.1. The molecule has 0 N–H and O–H groups in total. The first kappa shape index (κ1) is 12.0. The number of ketones is 1. The topological polar surface area (TPSA) is 17.1 Å². The highest BCUT2D eigenvalue weighted by Gasteiger charge is 2.32. The Morgan fingerprint density at radius 2 is 2.07 bits per heavy atom. The van der Waals surface area contributed by atoms with Crippen LogP contribution in [0.2, 0.25) is 0 Å². The Balaban J connectivity index is 2.98. The Kier molecular flexibility index (Phi) is 3.72. The van der Waals surface area contributed by atoms with E-state index in [1.807, 2.05) is 6.92 Å². The van der Waals surface area contributed by atoms with E-state index in [9.17, 15) is 18.0 Å². The van der Waals surface area contributed by atoms with Crippen LogP contribution in [0.5, 0.6) is 0 Å². The zero-order valence-electron chi connectivity index (χ0n) is 8.47. The van der Waals surface area contributed by atoms with Crippen LogP contribution in [0.1, 0.15) is 26.2 Å². The number of alkyl halides is 3. The van der Waals surface area contributed by atoms with Gasteiger partial charge in [0.15, 0.2) is 5.78 Å². The SMILES string of the molecule is CCC1/C=C(C(F)(F)F)\C=C/C(=O)CC1. The second-order valence-corrected chi connectivity index (χ2v) is 3.63. The lowest BCUT2D eigenvalue weighted by Crippen LogP contribution is -2.14. The Morgan fingerprint density at radius 3 is 2.60 bits per heavy atom. The van der Waals surface area contributed by atoms with Gasteiger partial charge in [-0.25, -0.2) is 0 Å². The molecule has 1 aliphatic carbocycles. The van der Waals surface area contributed by atoms with Gasteiger partial charge >= 0.3 is 6.18 Å². The van der Waals surface area contributed by atoms with Crippen LogP contribution in [0.15, 0.2) is 23.8 Å². The lowest BCUT2D eigenvalue weighted by atomic mass is 9.93. The highest BCUT2D eigenvalue weighted by atomic mass is 19.4. The minimum Gasteiger partial charge on any atom is -0.295 e. The molecule has 0 spiro atoms. The van der Waals surface area contributed by atoms with E-state index in [1.54, 1.807) is 0 Å². The maximum absolute atomic E-state index is 12.5. The molecular weight excluding hydrogens is 205 g/mol. The Bertz CT molecular complexity index is 299. The number of halogens is 3. The summed E-state index contributed by atoms with van der Waals surface area (Å²) < 4.78 is 37.4. The molecule has 0 saturated carbocycles. The molecule has 1 unspecified atom stereocenters. The van der Waals surface area contributed by atoms with Gasteiger partial charge in [0.1, 0.15) is 0 Å². The molecule has 1 aliphatic rings. The van der Waals surface area contributed by atoms with Crippen molar-refractivity contribution in [1.29, 1.82) is 0 Å². The van der Waals surface area contributed by atoms with E-state index in [1.165, 1.54) is 6.08 Å². The predicted molar refractivity (Wildman–Crippen MR) is 51.3 cm³/mol. The van der Waals surface area contributed by atoms with Gasteiger partial charge in [-0.1, -0.05) is 13.0 Å². The van der Waals surface area contributed by atoms with Crippen LogP contribution in [-0.4, -0.2) is 12.0 Å². The van der Waals surface area contributed by atoms with Gasteiger partial charge in [0.05, 0.1) is 5.57 Å². The highest BCUT2D eigenvalue weighted by Crippen LogP contribution is 2.30. The normalized spacial score (nSPS) is 28.9. The van der Waals surface area contributed by atoms with Gasteiger partial charge in [0.25, 0.3) is 0 Å². The average molecular weight is 218 g/mol. The predicted octanol–water partition coefficient (Wildman–Crippen LogP) is 3.42. The molecule has 0 amide bonds. The first-order valence-electron chi connectivity index (χ1n) is 4.93. The molecule has 15 heavy (non-hydrogen) atoms. The monoisotopic (exact) mass is 218 g/mol. The standard InChI is InChI=1S/C11H13F3O/c1-2-8-3-5-10(15)6-4-9(7-8)11(12,13)14/h4,6-8H,2-3,5H2,1H3/b6-4-,9-7+. The van der Waals surface area contributed by atoms with E-state index in [4.69, 9.17) is 0 Å². The van der Waals surface area contributed by atoms with Crippen molar-refractivity contribution in [2.75, 3.05) is 0 Å². The lowest BCUT2D eigenvalue weighted by Gasteiger charge is -2.15. The molecule has 84 valence electrons. The summed E-state index contributed by atoms with van der Waals surface area (Å²) in [5.74, 6) is -0.390. The van der Waals surface area contributed by atoms with Crippen molar-refractivity contribution in [2.45, 2.75) is 32.4 Å². The van der Waals surface area contributed by atoms with E-state index >= 15 is 0 Å². The second kappa shape index (κ2) is 4.64. The zero-order valence-corrected chi connectivity index (χ0v) is 8.47. The number of hydrogen-bond donors (Lipinski definition) is 0. The first-order valence-corrected chi connectivity index (χ1v) is 4.93. The molecule has 0 radical (unpaired) electrons. The molecule has 4 heteroatoms. The Labute approximate surface area is 86.7 Å². The van der Waals surface area contributed by atoms with Gasteiger partial charge in [-0.3, -0.25) is 4.79 Å². The van der Waals surface area contributed by atoms with Crippen LogP contribution in [0, 0.1) is 5.92 Å². The van der Waals surface area contributed by atoms with Crippen LogP contribution < -0.4 is 0 Å². The van der Waals surface area contributed by atoms with Crippen LogP contribution in [0.3, 0.4) is 0 Å². The molecule has 0 aromatic heterocycles. The number of hydrogen-bond acceptors (Lipinski definition) is 1. The van der Waals surface area contributed by atoms with E-state index in [0.717, 1.165) is 12.2 Å². The Morgan fingerprint density at radius 1 is 1.40 bits per heavy atom. The van der Waals surface area contributed by atoms with Crippen LogP contribution >= 0.6 is 0 Å². The third-order valence-electron chi connectivity index (χ3n) is 2.48. The van der Waals surface area contributed by atoms with Gasteiger partial charge < -0.3 is 0 Å². The Hall–Kier alpha value is -1.06. The van der Waals surface area contributed by atoms with Crippen molar-refractivity contribution in [2.24, 2.45) is 5.92 Å².